The standard InChI is InChI=1S/C23H20N4O2S/c1-16-10-12-17(13-11-16)21-15-22(18-6-5-9-20(14-18)27(28)29)26(25-21)23(30)24-19-7-3-2-4-8-19/h2-15,22,25H,1H3,(H,24,30)/t22-/m1/s1. The molecule has 0 amide bonds. The number of nitrogens with zero attached hydrogens (tertiary/aromatic N) is 2. The highest BCUT2D eigenvalue weighted by atomic mass is 32.1. The van der Waals surface area contributed by atoms with Crippen molar-refractivity contribution in [3.63, 3.8) is 0 Å². The SMILES string of the molecule is Cc1ccc(C2=C[C@H](c3cccc([N+](=O)[O-])c3)N(C(=S)Nc3ccccc3)N2)cc1. The third-order valence-corrected chi connectivity index (χ3v) is 5.17. The number of hydrogen-bond acceptors (Lipinski definition) is 4. The molecule has 6 nitrogen and oxygen atoms in total. The van der Waals surface area contributed by atoms with Crippen molar-refractivity contribution in [3.8, 4) is 0 Å². The Bertz CT molecular complexity index is 1110. The summed E-state index contributed by atoms with van der Waals surface area (Å²) in [5.74, 6) is 0. The lowest BCUT2D eigenvalue weighted by atomic mass is 10.0. The summed E-state index contributed by atoms with van der Waals surface area (Å²) in [6.07, 6.45) is 2.03. The minimum atomic E-state index is -0.388. The molecular formula is C23H20N4O2S. The van der Waals surface area contributed by atoms with Gasteiger partial charge in [-0.05, 0) is 48.5 Å². The van der Waals surface area contributed by atoms with E-state index in [0.717, 1.165) is 22.5 Å². The number of para-hydroxylation sites is 1. The molecule has 4 rings (SSSR count). The van der Waals surface area contributed by atoms with E-state index in [2.05, 4.69) is 10.7 Å². The van der Waals surface area contributed by atoms with E-state index in [0.29, 0.717) is 5.11 Å². The first-order chi connectivity index (χ1) is 14.5. The number of nitro groups is 1. The van der Waals surface area contributed by atoms with Crippen LogP contribution in [0.5, 0.6) is 0 Å². The van der Waals surface area contributed by atoms with E-state index in [4.69, 9.17) is 12.2 Å². The molecule has 0 spiro atoms. The molecule has 0 bridgehead atoms. The Balaban J connectivity index is 1.68. The molecule has 1 heterocycles. The molecule has 1 aliphatic heterocycles. The summed E-state index contributed by atoms with van der Waals surface area (Å²) in [6.45, 7) is 2.04. The van der Waals surface area contributed by atoms with Gasteiger partial charge in [-0.25, -0.2) is 0 Å². The van der Waals surface area contributed by atoms with Crippen LogP contribution in [0, 0.1) is 17.0 Å². The van der Waals surface area contributed by atoms with Gasteiger partial charge in [0.2, 0.25) is 0 Å². The van der Waals surface area contributed by atoms with Crippen LogP contribution >= 0.6 is 12.2 Å². The Hall–Kier alpha value is -3.71. The fourth-order valence-electron chi connectivity index (χ4n) is 3.31. The van der Waals surface area contributed by atoms with Crippen molar-refractivity contribution in [3.05, 3.63) is 112 Å². The fraction of sp³-hybridized carbons (Fsp3) is 0.0870. The summed E-state index contributed by atoms with van der Waals surface area (Å²) in [7, 11) is 0. The van der Waals surface area contributed by atoms with Gasteiger partial charge in [0.05, 0.1) is 16.7 Å². The zero-order valence-electron chi connectivity index (χ0n) is 16.3. The number of benzene rings is 3. The summed E-state index contributed by atoms with van der Waals surface area (Å²) in [5, 5.41) is 16.8. The van der Waals surface area contributed by atoms with Crippen molar-refractivity contribution in [2.45, 2.75) is 13.0 Å². The van der Waals surface area contributed by atoms with Gasteiger partial charge in [0.15, 0.2) is 5.11 Å². The molecule has 1 atom stereocenters. The summed E-state index contributed by atoms with van der Waals surface area (Å²) < 4.78 is 0. The number of non-ortho nitro benzene ring substituents is 1. The second-order valence-electron chi connectivity index (χ2n) is 7.02. The maximum Gasteiger partial charge on any atom is 0.269 e. The van der Waals surface area contributed by atoms with Gasteiger partial charge in [-0.2, -0.15) is 0 Å². The lowest BCUT2D eigenvalue weighted by molar-refractivity contribution is -0.384. The first-order valence-electron chi connectivity index (χ1n) is 9.46. The van der Waals surface area contributed by atoms with Crippen LogP contribution in [0.25, 0.3) is 5.70 Å². The van der Waals surface area contributed by atoms with Crippen LogP contribution in [0.1, 0.15) is 22.7 Å². The Morgan fingerprint density at radius 3 is 2.50 bits per heavy atom. The summed E-state index contributed by atoms with van der Waals surface area (Å²) >= 11 is 5.67. The van der Waals surface area contributed by atoms with Crippen molar-refractivity contribution in [2.75, 3.05) is 5.32 Å². The van der Waals surface area contributed by atoms with Crippen molar-refractivity contribution in [1.29, 1.82) is 0 Å². The van der Waals surface area contributed by atoms with E-state index in [1.807, 2.05) is 78.7 Å². The molecule has 7 heteroatoms. The topological polar surface area (TPSA) is 70.4 Å². The second-order valence-corrected chi connectivity index (χ2v) is 7.41. The highest BCUT2D eigenvalue weighted by Crippen LogP contribution is 2.33. The Morgan fingerprint density at radius 1 is 1.07 bits per heavy atom. The number of nitro benzene ring substituents is 1. The quantitative estimate of drug-likeness (QED) is 0.346. The van der Waals surface area contributed by atoms with E-state index in [9.17, 15) is 10.1 Å². The molecule has 1 aliphatic rings. The van der Waals surface area contributed by atoms with Crippen LogP contribution < -0.4 is 10.7 Å². The number of anilines is 1. The number of hydrogen-bond donors (Lipinski definition) is 2. The molecular weight excluding hydrogens is 396 g/mol. The van der Waals surface area contributed by atoms with Gasteiger partial charge >= 0.3 is 0 Å². The normalized spacial score (nSPS) is 15.3. The highest BCUT2D eigenvalue weighted by molar-refractivity contribution is 7.80. The predicted octanol–water partition coefficient (Wildman–Crippen LogP) is 5.20. The molecule has 30 heavy (non-hydrogen) atoms. The molecule has 3 aromatic rings. The van der Waals surface area contributed by atoms with Gasteiger partial charge in [-0.15, -0.1) is 0 Å². The first kappa shape index (κ1) is 19.6. The van der Waals surface area contributed by atoms with Crippen LogP contribution in [0.2, 0.25) is 0 Å². The third kappa shape index (κ3) is 4.16. The molecule has 0 saturated heterocycles. The van der Waals surface area contributed by atoms with Crippen LogP contribution in [0.15, 0.2) is 84.9 Å². The van der Waals surface area contributed by atoms with Gasteiger partial charge in [0.25, 0.3) is 5.69 Å². The minimum Gasteiger partial charge on any atom is -0.331 e. The number of rotatable bonds is 4. The number of nitrogens with one attached hydrogen (secondary N) is 2. The van der Waals surface area contributed by atoms with Crippen LogP contribution in [-0.4, -0.2) is 15.0 Å². The number of aryl methyl sites for hydroxylation is 1. The average molecular weight is 417 g/mol. The summed E-state index contributed by atoms with van der Waals surface area (Å²) in [5.41, 5.74) is 8.13. The van der Waals surface area contributed by atoms with Crippen molar-refractivity contribution in [2.24, 2.45) is 0 Å². The van der Waals surface area contributed by atoms with Crippen LogP contribution in [0.4, 0.5) is 11.4 Å². The van der Waals surface area contributed by atoms with Crippen LogP contribution in [0.3, 0.4) is 0 Å². The Morgan fingerprint density at radius 2 is 1.80 bits per heavy atom. The van der Waals surface area contributed by atoms with E-state index >= 15 is 0 Å². The zero-order chi connectivity index (χ0) is 21.1. The second kappa shape index (κ2) is 8.34. The van der Waals surface area contributed by atoms with Crippen molar-refractivity contribution in [1.82, 2.24) is 10.4 Å². The van der Waals surface area contributed by atoms with Gasteiger partial charge < -0.3 is 5.32 Å². The molecule has 0 unspecified atom stereocenters. The average Bonchev–Trinajstić information content (AvgIpc) is 3.21. The fourth-order valence-corrected chi connectivity index (χ4v) is 3.59. The smallest absolute Gasteiger partial charge is 0.269 e. The lowest BCUT2D eigenvalue weighted by Crippen LogP contribution is -2.42. The molecule has 0 radical (unpaired) electrons. The summed E-state index contributed by atoms with van der Waals surface area (Å²) in [6, 6.07) is 24.1. The van der Waals surface area contributed by atoms with E-state index in [1.54, 1.807) is 12.1 Å². The van der Waals surface area contributed by atoms with Crippen LogP contribution in [-0.2, 0) is 0 Å². The predicted molar refractivity (Wildman–Crippen MR) is 123 cm³/mol. The monoisotopic (exact) mass is 416 g/mol. The first-order valence-corrected chi connectivity index (χ1v) is 9.87. The van der Waals surface area contributed by atoms with Crippen molar-refractivity contribution < 1.29 is 4.92 Å². The van der Waals surface area contributed by atoms with Gasteiger partial charge in [0.1, 0.15) is 0 Å². The third-order valence-electron chi connectivity index (χ3n) is 4.87. The molecule has 3 aromatic carbocycles. The van der Waals surface area contributed by atoms with E-state index in [-0.39, 0.29) is 16.7 Å². The minimum absolute atomic E-state index is 0.0478. The molecule has 0 fully saturated rings. The lowest BCUT2D eigenvalue weighted by Gasteiger charge is -2.28. The van der Waals surface area contributed by atoms with E-state index in [1.165, 1.54) is 11.6 Å². The van der Waals surface area contributed by atoms with Gasteiger partial charge in [-0.1, -0.05) is 60.2 Å². The molecule has 0 aromatic heterocycles. The largest absolute Gasteiger partial charge is 0.331 e. The van der Waals surface area contributed by atoms with Gasteiger partial charge in [-0.3, -0.25) is 20.5 Å². The number of thiocarbonyl (C=S) groups is 1. The van der Waals surface area contributed by atoms with E-state index < -0.39 is 0 Å². The van der Waals surface area contributed by atoms with Crippen molar-refractivity contribution >= 4 is 34.4 Å². The van der Waals surface area contributed by atoms with Gasteiger partial charge in [0, 0.05) is 17.8 Å². The highest BCUT2D eigenvalue weighted by Gasteiger charge is 2.29. The molecule has 150 valence electrons. The molecule has 2 N–H and O–H groups in total. The Labute approximate surface area is 180 Å². The number of hydrazine groups is 1. The summed E-state index contributed by atoms with van der Waals surface area (Å²) in [4.78, 5) is 10.9. The molecule has 0 saturated carbocycles. The molecule has 0 aliphatic carbocycles. The Kier molecular flexibility index (Phi) is 5.45. The zero-order valence-corrected chi connectivity index (χ0v) is 17.1. The maximum atomic E-state index is 11.3. The maximum absolute atomic E-state index is 11.3.